The van der Waals surface area contributed by atoms with E-state index >= 15 is 0 Å². The highest BCUT2D eigenvalue weighted by atomic mass is 28.4. The van der Waals surface area contributed by atoms with Crippen LogP contribution in [-0.4, -0.2) is 114 Å². The summed E-state index contributed by atoms with van der Waals surface area (Å²) in [6, 6.07) is 6.94. The van der Waals surface area contributed by atoms with E-state index in [4.69, 9.17) is 28.1 Å². The first-order valence-electron chi connectivity index (χ1n) is 13.9. The van der Waals surface area contributed by atoms with Gasteiger partial charge in [0.15, 0.2) is 12.4 Å². The average molecular weight is 617 g/mol. The SMILES string of the molecule is CC(=O)OC[C@H]1O[C@H](c2cccc(O[Si](C)(C)C(C)(C)C)c2)[C@@H](O)[C@@H](O[C@H]2O[C@H](CO)[C@@H](O)[C@H](O)[C@@H]2OC(C)=O)[C@@H]1O. The van der Waals surface area contributed by atoms with Gasteiger partial charge in [-0.3, -0.25) is 9.59 Å². The Morgan fingerprint density at radius 1 is 0.905 bits per heavy atom. The molecule has 3 rings (SSSR count). The Bertz CT molecular complexity index is 1080. The van der Waals surface area contributed by atoms with Crippen molar-refractivity contribution in [3.63, 3.8) is 0 Å². The van der Waals surface area contributed by atoms with Gasteiger partial charge in [-0.2, -0.15) is 0 Å². The molecule has 238 valence electrons. The fraction of sp³-hybridized carbons (Fsp3) is 0.714. The molecule has 0 unspecified atom stereocenters. The van der Waals surface area contributed by atoms with Crippen LogP contribution in [0, 0.1) is 0 Å². The lowest BCUT2D eigenvalue weighted by Crippen LogP contribution is -2.64. The van der Waals surface area contributed by atoms with Crippen molar-refractivity contribution in [3.05, 3.63) is 29.8 Å². The fourth-order valence-corrected chi connectivity index (χ4v) is 5.57. The molecule has 2 aliphatic heterocycles. The van der Waals surface area contributed by atoms with Gasteiger partial charge < -0.3 is 53.6 Å². The third kappa shape index (κ3) is 7.87. The van der Waals surface area contributed by atoms with Gasteiger partial charge in [0.05, 0.1) is 6.61 Å². The number of carbonyl (C=O) groups excluding carboxylic acids is 2. The van der Waals surface area contributed by atoms with E-state index in [0.29, 0.717) is 11.3 Å². The number of esters is 2. The number of aliphatic hydroxyl groups is 5. The molecule has 0 aromatic heterocycles. The molecule has 14 heteroatoms. The number of aliphatic hydroxyl groups excluding tert-OH is 5. The van der Waals surface area contributed by atoms with Crippen LogP contribution in [-0.2, 0) is 33.3 Å². The van der Waals surface area contributed by atoms with Gasteiger partial charge in [0.25, 0.3) is 0 Å². The normalized spacial score (nSPS) is 34.0. The number of carbonyl (C=O) groups is 2. The fourth-order valence-electron chi connectivity index (χ4n) is 4.55. The molecule has 0 aliphatic carbocycles. The monoisotopic (exact) mass is 616 g/mol. The lowest BCUT2D eigenvalue weighted by atomic mass is 9.90. The van der Waals surface area contributed by atoms with Crippen LogP contribution in [0.5, 0.6) is 5.75 Å². The summed E-state index contributed by atoms with van der Waals surface area (Å²) in [4.78, 5) is 23.3. The molecule has 2 aliphatic rings. The molecular weight excluding hydrogens is 572 g/mol. The molecule has 42 heavy (non-hydrogen) atoms. The van der Waals surface area contributed by atoms with E-state index in [-0.39, 0.29) is 11.6 Å². The molecule has 0 bridgehead atoms. The van der Waals surface area contributed by atoms with Crippen molar-refractivity contribution < 1.29 is 63.2 Å². The summed E-state index contributed by atoms with van der Waals surface area (Å²) >= 11 is 0. The van der Waals surface area contributed by atoms with Crippen molar-refractivity contribution in [2.75, 3.05) is 13.2 Å². The third-order valence-electron chi connectivity index (χ3n) is 7.92. The summed E-state index contributed by atoms with van der Waals surface area (Å²) < 4.78 is 34.2. The van der Waals surface area contributed by atoms with Gasteiger partial charge in [0, 0.05) is 13.8 Å². The van der Waals surface area contributed by atoms with Gasteiger partial charge in [0.2, 0.25) is 8.32 Å². The minimum atomic E-state index is -2.22. The predicted molar refractivity (Wildman–Crippen MR) is 149 cm³/mol. The van der Waals surface area contributed by atoms with Crippen LogP contribution in [0.3, 0.4) is 0 Å². The zero-order valence-corrected chi connectivity index (χ0v) is 26.0. The molecule has 2 heterocycles. The topological polar surface area (TPSA) is 191 Å². The Balaban J connectivity index is 1.96. The largest absolute Gasteiger partial charge is 0.543 e. The van der Waals surface area contributed by atoms with Gasteiger partial charge in [-0.15, -0.1) is 0 Å². The maximum atomic E-state index is 11.8. The van der Waals surface area contributed by atoms with Crippen molar-refractivity contribution in [1.82, 2.24) is 0 Å². The summed E-state index contributed by atoms with van der Waals surface area (Å²) in [5.74, 6) is -0.879. The standard InChI is InChI=1S/C28H44O13Si/c1-14(30)36-13-19-21(33)25(40-27-26(37-15(2)31)22(34)20(32)18(12-29)39-27)23(35)24(38-19)16-9-8-10-17(11-16)41-42(6,7)28(3,4)5/h8-11,18-27,29,32-35H,12-13H2,1-7H3/t18-,19-,20-,21-,22+,23-,24-,25+,26+,27-/m1/s1. The van der Waals surface area contributed by atoms with Gasteiger partial charge in [-0.25, -0.2) is 0 Å². The van der Waals surface area contributed by atoms with Crippen LogP contribution in [0.4, 0.5) is 0 Å². The van der Waals surface area contributed by atoms with E-state index in [1.54, 1.807) is 24.3 Å². The van der Waals surface area contributed by atoms with E-state index in [1.807, 2.05) is 0 Å². The summed E-state index contributed by atoms with van der Waals surface area (Å²) in [5.41, 5.74) is 0.483. The first kappa shape index (κ1) is 34.3. The summed E-state index contributed by atoms with van der Waals surface area (Å²) in [7, 11) is -2.22. The number of ether oxygens (including phenoxy) is 5. The van der Waals surface area contributed by atoms with Crippen molar-refractivity contribution in [1.29, 1.82) is 0 Å². The molecule has 13 nitrogen and oxygen atoms in total. The highest BCUT2D eigenvalue weighted by molar-refractivity contribution is 6.74. The minimum absolute atomic E-state index is 0.0783. The highest BCUT2D eigenvalue weighted by Crippen LogP contribution is 2.40. The van der Waals surface area contributed by atoms with Crippen LogP contribution in [0.1, 0.15) is 46.3 Å². The third-order valence-corrected chi connectivity index (χ3v) is 12.3. The van der Waals surface area contributed by atoms with Gasteiger partial charge in [0.1, 0.15) is 61.2 Å². The van der Waals surface area contributed by atoms with E-state index in [2.05, 4.69) is 33.9 Å². The molecule has 0 radical (unpaired) electrons. The highest BCUT2D eigenvalue weighted by Gasteiger charge is 2.52. The van der Waals surface area contributed by atoms with E-state index in [1.165, 1.54) is 6.92 Å². The Kier molecular flexibility index (Phi) is 11.2. The molecule has 5 N–H and O–H groups in total. The van der Waals surface area contributed by atoms with E-state index in [0.717, 1.165) is 6.92 Å². The molecule has 0 spiro atoms. The Morgan fingerprint density at radius 3 is 2.14 bits per heavy atom. The van der Waals surface area contributed by atoms with Crippen molar-refractivity contribution >= 4 is 20.3 Å². The van der Waals surface area contributed by atoms with Crippen molar-refractivity contribution in [3.8, 4) is 5.75 Å². The molecule has 10 atom stereocenters. The second kappa shape index (κ2) is 13.7. The molecule has 1 aromatic carbocycles. The Morgan fingerprint density at radius 2 is 1.57 bits per heavy atom. The molecule has 2 fully saturated rings. The summed E-state index contributed by atoms with van der Waals surface area (Å²) in [5, 5.41) is 53.1. The zero-order chi connectivity index (χ0) is 31.6. The van der Waals surface area contributed by atoms with Crippen LogP contribution in [0.25, 0.3) is 0 Å². The molecular formula is C28H44O13Si. The number of rotatable bonds is 9. The van der Waals surface area contributed by atoms with Gasteiger partial charge in [-0.1, -0.05) is 32.9 Å². The maximum Gasteiger partial charge on any atom is 0.303 e. The summed E-state index contributed by atoms with van der Waals surface area (Å²) in [6.45, 7) is 11.7. The van der Waals surface area contributed by atoms with Crippen LogP contribution < -0.4 is 4.43 Å². The quantitative estimate of drug-likeness (QED) is 0.191. The molecule has 2 saturated heterocycles. The second-order valence-electron chi connectivity index (χ2n) is 12.2. The zero-order valence-electron chi connectivity index (χ0n) is 25.0. The van der Waals surface area contributed by atoms with Crippen LogP contribution >= 0.6 is 0 Å². The van der Waals surface area contributed by atoms with Crippen LogP contribution in [0.15, 0.2) is 24.3 Å². The number of benzene rings is 1. The molecule has 0 amide bonds. The lowest BCUT2D eigenvalue weighted by Gasteiger charge is -2.47. The molecule has 1 aromatic rings. The average Bonchev–Trinajstić information content (AvgIpc) is 2.88. The summed E-state index contributed by atoms with van der Waals surface area (Å²) in [6.07, 6.45) is -14.7. The predicted octanol–water partition coefficient (Wildman–Crippen LogP) is 0.551. The Hall–Kier alpha value is -2.14. The lowest BCUT2D eigenvalue weighted by molar-refractivity contribution is -0.343. The maximum absolute atomic E-state index is 11.8. The smallest absolute Gasteiger partial charge is 0.303 e. The van der Waals surface area contributed by atoms with E-state index in [9.17, 15) is 35.1 Å². The van der Waals surface area contributed by atoms with E-state index < -0.39 is 88.1 Å². The minimum Gasteiger partial charge on any atom is -0.543 e. The first-order valence-corrected chi connectivity index (χ1v) is 16.8. The van der Waals surface area contributed by atoms with Gasteiger partial charge in [-0.05, 0) is 35.8 Å². The Labute approximate surface area is 246 Å². The molecule has 0 saturated carbocycles. The number of hydrogen-bond acceptors (Lipinski definition) is 13. The van der Waals surface area contributed by atoms with Gasteiger partial charge >= 0.3 is 11.9 Å². The van der Waals surface area contributed by atoms with Crippen molar-refractivity contribution in [2.45, 2.75) is 114 Å². The first-order chi connectivity index (χ1) is 19.5. The van der Waals surface area contributed by atoms with Crippen LogP contribution in [0.2, 0.25) is 18.1 Å². The van der Waals surface area contributed by atoms with Crippen molar-refractivity contribution in [2.24, 2.45) is 0 Å². The second-order valence-corrected chi connectivity index (χ2v) is 16.9. The number of hydrogen-bond donors (Lipinski definition) is 5.